The van der Waals surface area contributed by atoms with E-state index in [-0.39, 0.29) is 0 Å². The van der Waals surface area contributed by atoms with E-state index >= 15 is 0 Å². The highest BCUT2D eigenvalue weighted by Gasteiger charge is 2.23. The molecule has 3 aromatic rings. The molecule has 92 valence electrons. The standard InChI is InChI=1S/C17H14N2/c1-2-6-12(7-3-1)16-11-14-10-13-8-4-5-9-15(13)18-17(14)19-16/h1-10,16H,11H2,(H,18,19)/t16-/m0/s1. The molecule has 2 heteroatoms. The van der Waals surface area contributed by atoms with Gasteiger partial charge in [0.2, 0.25) is 0 Å². The van der Waals surface area contributed by atoms with Crippen molar-refractivity contribution in [2.75, 3.05) is 5.32 Å². The fourth-order valence-corrected chi connectivity index (χ4v) is 2.76. The van der Waals surface area contributed by atoms with E-state index in [4.69, 9.17) is 4.98 Å². The molecule has 0 saturated carbocycles. The minimum absolute atomic E-state index is 0.348. The summed E-state index contributed by atoms with van der Waals surface area (Å²) in [6.45, 7) is 0. The summed E-state index contributed by atoms with van der Waals surface area (Å²) in [5.74, 6) is 1.03. The van der Waals surface area contributed by atoms with Crippen LogP contribution in [0.1, 0.15) is 17.2 Å². The topological polar surface area (TPSA) is 24.9 Å². The van der Waals surface area contributed by atoms with Gasteiger partial charge in [0.1, 0.15) is 5.82 Å². The molecule has 1 aliphatic heterocycles. The number of nitrogens with zero attached hydrogens (tertiary/aromatic N) is 1. The second-order valence-electron chi connectivity index (χ2n) is 5.00. The molecule has 1 aliphatic rings. The first kappa shape index (κ1) is 10.6. The normalized spacial score (nSPS) is 17.2. The SMILES string of the molecule is c1ccc([C@@H]2Cc3cc4ccccc4nc3N2)cc1. The lowest BCUT2D eigenvalue weighted by molar-refractivity contribution is 0.824. The number of hydrogen-bond donors (Lipinski definition) is 1. The number of hydrogen-bond acceptors (Lipinski definition) is 2. The summed E-state index contributed by atoms with van der Waals surface area (Å²) < 4.78 is 0. The molecule has 0 fully saturated rings. The van der Waals surface area contributed by atoms with Crippen molar-refractivity contribution in [3.63, 3.8) is 0 Å². The number of aromatic nitrogens is 1. The number of benzene rings is 2. The molecule has 2 nitrogen and oxygen atoms in total. The molecule has 0 aliphatic carbocycles. The van der Waals surface area contributed by atoms with E-state index in [1.807, 2.05) is 6.07 Å². The van der Waals surface area contributed by atoms with Crippen LogP contribution in [0.5, 0.6) is 0 Å². The number of rotatable bonds is 1. The summed E-state index contributed by atoms with van der Waals surface area (Å²) in [6.07, 6.45) is 1.01. The lowest BCUT2D eigenvalue weighted by Crippen LogP contribution is -2.05. The van der Waals surface area contributed by atoms with Crippen molar-refractivity contribution in [2.24, 2.45) is 0 Å². The van der Waals surface area contributed by atoms with E-state index in [1.54, 1.807) is 0 Å². The third kappa shape index (κ3) is 1.76. The summed E-state index contributed by atoms with van der Waals surface area (Å²) in [5, 5.41) is 4.75. The van der Waals surface area contributed by atoms with Gasteiger partial charge in [0.25, 0.3) is 0 Å². The highest BCUT2D eigenvalue weighted by Crippen LogP contribution is 2.34. The Morgan fingerprint density at radius 3 is 2.63 bits per heavy atom. The third-order valence-electron chi connectivity index (χ3n) is 3.74. The van der Waals surface area contributed by atoms with E-state index in [9.17, 15) is 0 Å². The lowest BCUT2D eigenvalue weighted by atomic mass is 10.0. The lowest BCUT2D eigenvalue weighted by Gasteiger charge is -2.10. The first-order valence-electron chi connectivity index (χ1n) is 6.60. The second kappa shape index (κ2) is 4.09. The van der Waals surface area contributed by atoms with Crippen molar-refractivity contribution in [3.8, 4) is 0 Å². The van der Waals surface area contributed by atoms with E-state index in [1.165, 1.54) is 16.5 Å². The molecule has 0 unspecified atom stereocenters. The van der Waals surface area contributed by atoms with Gasteiger partial charge in [-0.05, 0) is 23.3 Å². The minimum Gasteiger partial charge on any atom is -0.363 e. The maximum absolute atomic E-state index is 4.72. The Morgan fingerprint density at radius 1 is 0.947 bits per heavy atom. The molecule has 0 spiro atoms. The summed E-state index contributed by atoms with van der Waals surface area (Å²) in [5.41, 5.74) is 3.69. The maximum Gasteiger partial charge on any atom is 0.130 e. The zero-order valence-corrected chi connectivity index (χ0v) is 10.5. The molecule has 1 aromatic heterocycles. The zero-order valence-electron chi connectivity index (χ0n) is 10.5. The van der Waals surface area contributed by atoms with Crippen molar-refractivity contribution in [1.29, 1.82) is 0 Å². The van der Waals surface area contributed by atoms with Gasteiger partial charge in [0.05, 0.1) is 11.6 Å². The highest BCUT2D eigenvalue weighted by molar-refractivity contribution is 5.82. The Balaban J connectivity index is 1.76. The number of nitrogens with one attached hydrogen (secondary N) is 1. The van der Waals surface area contributed by atoms with E-state index in [0.29, 0.717) is 6.04 Å². The molecule has 0 amide bonds. The zero-order chi connectivity index (χ0) is 12.7. The molecule has 0 radical (unpaired) electrons. The average molecular weight is 246 g/mol. The monoisotopic (exact) mass is 246 g/mol. The van der Waals surface area contributed by atoms with Gasteiger partial charge in [-0.2, -0.15) is 0 Å². The number of para-hydroxylation sites is 1. The summed E-state index contributed by atoms with van der Waals surface area (Å²) in [4.78, 5) is 4.72. The van der Waals surface area contributed by atoms with Crippen LogP contribution in [0.15, 0.2) is 60.7 Å². The van der Waals surface area contributed by atoms with Crippen LogP contribution in [-0.2, 0) is 6.42 Å². The van der Waals surface area contributed by atoms with Crippen molar-refractivity contribution < 1.29 is 0 Å². The van der Waals surface area contributed by atoms with Crippen molar-refractivity contribution in [3.05, 3.63) is 71.8 Å². The van der Waals surface area contributed by atoms with Crippen LogP contribution in [0, 0.1) is 0 Å². The molecular weight excluding hydrogens is 232 g/mol. The summed E-state index contributed by atoms with van der Waals surface area (Å²) in [6, 6.07) is 21.5. The Morgan fingerprint density at radius 2 is 1.74 bits per heavy atom. The predicted octanol–water partition coefficient (Wildman–Crippen LogP) is 3.94. The Hall–Kier alpha value is -2.35. The number of fused-ring (bicyclic) bond motifs is 2. The van der Waals surface area contributed by atoms with Gasteiger partial charge in [0, 0.05) is 11.8 Å². The number of pyridine rings is 1. The van der Waals surface area contributed by atoms with Gasteiger partial charge in [-0.25, -0.2) is 4.98 Å². The van der Waals surface area contributed by atoms with Crippen LogP contribution in [0.4, 0.5) is 5.82 Å². The summed E-state index contributed by atoms with van der Waals surface area (Å²) >= 11 is 0. The van der Waals surface area contributed by atoms with Gasteiger partial charge in [-0.1, -0.05) is 48.5 Å². The molecule has 4 rings (SSSR count). The molecular formula is C17H14N2. The molecule has 2 heterocycles. The largest absolute Gasteiger partial charge is 0.363 e. The van der Waals surface area contributed by atoms with Crippen LogP contribution in [0.2, 0.25) is 0 Å². The maximum atomic E-state index is 4.72. The van der Waals surface area contributed by atoms with Crippen LogP contribution >= 0.6 is 0 Å². The molecule has 2 aromatic carbocycles. The third-order valence-corrected chi connectivity index (χ3v) is 3.74. The van der Waals surface area contributed by atoms with Gasteiger partial charge < -0.3 is 5.32 Å². The molecule has 19 heavy (non-hydrogen) atoms. The van der Waals surface area contributed by atoms with Crippen LogP contribution in [-0.4, -0.2) is 4.98 Å². The second-order valence-corrected chi connectivity index (χ2v) is 5.00. The Kier molecular flexibility index (Phi) is 2.27. The van der Waals surface area contributed by atoms with Gasteiger partial charge in [-0.3, -0.25) is 0 Å². The smallest absolute Gasteiger partial charge is 0.130 e. The fraction of sp³-hybridized carbons (Fsp3) is 0.118. The fourth-order valence-electron chi connectivity index (χ4n) is 2.76. The Labute approximate surface area is 112 Å². The van der Waals surface area contributed by atoms with Crippen molar-refractivity contribution in [2.45, 2.75) is 12.5 Å². The minimum atomic E-state index is 0.348. The highest BCUT2D eigenvalue weighted by atomic mass is 15.0. The van der Waals surface area contributed by atoms with Crippen molar-refractivity contribution >= 4 is 16.7 Å². The van der Waals surface area contributed by atoms with Crippen LogP contribution < -0.4 is 5.32 Å². The van der Waals surface area contributed by atoms with Crippen LogP contribution in [0.3, 0.4) is 0 Å². The summed E-state index contributed by atoms with van der Waals surface area (Å²) in [7, 11) is 0. The first-order valence-corrected chi connectivity index (χ1v) is 6.60. The van der Waals surface area contributed by atoms with E-state index in [0.717, 1.165) is 17.8 Å². The predicted molar refractivity (Wildman–Crippen MR) is 78.3 cm³/mol. The van der Waals surface area contributed by atoms with Gasteiger partial charge in [0.15, 0.2) is 0 Å². The average Bonchev–Trinajstić information content (AvgIpc) is 2.88. The quantitative estimate of drug-likeness (QED) is 0.703. The molecule has 1 atom stereocenters. The van der Waals surface area contributed by atoms with Crippen molar-refractivity contribution in [1.82, 2.24) is 4.98 Å². The number of anilines is 1. The van der Waals surface area contributed by atoms with E-state index in [2.05, 4.69) is 59.9 Å². The Bertz CT molecular complexity index is 690. The molecule has 0 bridgehead atoms. The van der Waals surface area contributed by atoms with Crippen LogP contribution in [0.25, 0.3) is 10.9 Å². The van der Waals surface area contributed by atoms with Gasteiger partial charge >= 0.3 is 0 Å². The molecule has 0 saturated heterocycles. The van der Waals surface area contributed by atoms with Gasteiger partial charge in [-0.15, -0.1) is 0 Å². The first-order chi connectivity index (χ1) is 9.40. The molecule has 1 N–H and O–H groups in total. The van der Waals surface area contributed by atoms with E-state index < -0.39 is 0 Å².